The maximum atomic E-state index is 13.3. The molecule has 5 atom stereocenters. The fourth-order valence-electron chi connectivity index (χ4n) is 2.86. The number of nitrogens with one attached hydrogen (secondary N) is 1. The topological polar surface area (TPSA) is 113 Å². The Morgan fingerprint density at radius 2 is 2.12 bits per heavy atom. The first-order chi connectivity index (χ1) is 11.5. The van der Waals surface area contributed by atoms with Crippen molar-refractivity contribution in [2.45, 2.75) is 30.6 Å². The van der Waals surface area contributed by atoms with Gasteiger partial charge in [-0.1, -0.05) is 17.3 Å². The van der Waals surface area contributed by atoms with Gasteiger partial charge in [0.05, 0.1) is 12.8 Å². The third-order valence-corrected chi connectivity index (χ3v) is 4.11. The first kappa shape index (κ1) is 16.9. The van der Waals surface area contributed by atoms with Crippen molar-refractivity contribution in [3.05, 3.63) is 36.3 Å². The van der Waals surface area contributed by atoms with Crippen LogP contribution in [-0.2, 0) is 4.74 Å². The quantitative estimate of drug-likeness (QED) is 0.582. The van der Waals surface area contributed by atoms with E-state index >= 15 is 0 Å². The van der Waals surface area contributed by atoms with Gasteiger partial charge in [0.1, 0.15) is 42.1 Å². The molecule has 0 aliphatic carbocycles. The zero-order valence-corrected chi connectivity index (χ0v) is 13.0. The number of aliphatic hydroxyl groups is 3. The Bertz CT molecular complexity index is 682. The molecule has 3 rings (SSSR count). The molecule has 1 saturated heterocycles. The molecule has 0 radical (unpaired) electrons. The average Bonchev–Trinajstić information content (AvgIpc) is 3.05. The van der Waals surface area contributed by atoms with E-state index in [9.17, 15) is 19.7 Å². The lowest BCUT2D eigenvalue weighted by Gasteiger charge is -2.41. The van der Waals surface area contributed by atoms with E-state index < -0.39 is 43.0 Å². The number of rotatable bonds is 4. The number of likely N-dealkylation sites (N-methyl/N-ethyl adjacent to an activating group) is 1. The van der Waals surface area contributed by atoms with Crippen LogP contribution in [0.25, 0.3) is 11.3 Å². The summed E-state index contributed by atoms with van der Waals surface area (Å²) in [5.74, 6) is -0.399. The summed E-state index contributed by atoms with van der Waals surface area (Å²) in [6.45, 7) is -0.409. The van der Waals surface area contributed by atoms with Gasteiger partial charge in [-0.2, -0.15) is 0 Å². The second kappa shape index (κ2) is 6.91. The van der Waals surface area contributed by atoms with Gasteiger partial charge in [-0.15, -0.1) is 5.10 Å². The minimum atomic E-state index is -1.18. The lowest BCUT2D eigenvalue weighted by molar-refractivity contribution is -0.212. The van der Waals surface area contributed by atoms with Crippen molar-refractivity contribution >= 4 is 0 Å². The van der Waals surface area contributed by atoms with Crippen LogP contribution >= 0.6 is 0 Å². The van der Waals surface area contributed by atoms with E-state index in [-0.39, 0.29) is 0 Å². The van der Waals surface area contributed by atoms with Gasteiger partial charge in [-0.3, -0.25) is 5.32 Å². The zero-order chi connectivity index (χ0) is 17.3. The van der Waals surface area contributed by atoms with E-state index in [0.717, 1.165) is 0 Å². The van der Waals surface area contributed by atoms with Crippen molar-refractivity contribution in [3.63, 3.8) is 0 Å². The fraction of sp³-hybridized carbons (Fsp3) is 0.467. The number of aromatic nitrogens is 3. The summed E-state index contributed by atoms with van der Waals surface area (Å²) in [6.07, 6.45) is -2.44. The number of hydrogen-bond donors (Lipinski definition) is 4. The smallest absolute Gasteiger partial charge is 0.136 e. The minimum Gasteiger partial charge on any atom is -0.394 e. The van der Waals surface area contributed by atoms with Crippen molar-refractivity contribution in [1.29, 1.82) is 0 Å². The van der Waals surface area contributed by atoms with Gasteiger partial charge in [-0.25, -0.2) is 9.07 Å². The summed E-state index contributed by atoms with van der Waals surface area (Å²) in [4.78, 5) is 0. The molecule has 8 nitrogen and oxygen atoms in total. The monoisotopic (exact) mass is 338 g/mol. The van der Waals surface area contributed by atoms with Gasteiger partial charge in [0.25, 0.3) is 0 Å². The van der Waals surface area contributed by atoms with Gasteiger partial charge in [0.2, 0.25) is 0 Å². The fourth-order valence-corrected chi connectivity index (χ4v) is 2.86. The second-order valence-electron chi connectivity index (χ2n) is 5.63. The zero-order valence-electron chi connectivity index (χ0n) is 13.0. The molecule has 130 valence electrons. The van der Waals surface area contributed by atoms with Crippen LogP contribution in [0.4, 0.5) is 4.39 Å². The lowest BCUT2D eigenvalue weighted by atomic mass is 9.95. The summed E-state index contributed by atoms with van der Waals surface area (Å²) < 4.78 is 20.1. The molecule has 0 amide bonds. The molecule has 1 aliphatic heterocycles. The van der Waals surface area contributed by atoms with Crippen LogP contribution in [-0.4, -0.2) is 68.5 Å². The van der Waals surface area contributed by atoms with Crippen LogP contribution in [0.1, 0.15) is 6.04 Å². The third kappa shape index (κ3) is 3.04. The molecule has 1 aromatic heterocycles. The van der Waals surface area contributed by atoms with Crippen molar-refractivity contribution in [2.75, 3.05) is 13.7 Å². The molecular weight excluding hydrogens is 319 g/mol. The van der Waals surface area contributed by atoms with Crippen LogP contribution in [0.3, 0.4) is 0 Å². The number of ether oxygens (including phenoxy) is 1. The summed E-state index contributed by atoms with van der Waals surface area (Å²) in [6, 6.07) is 5.01. The highest BCUT2D eigenvalue weighted by Crippen LogP contribution is 2.29. The molecule has 0 unspecified atom stereocenters. The Morgan fingerprint density at radius 1 is 1.33 bits per heavy atom. The van der Waals surface area contributed by atoms with E-state index in [0.29, 0.717) is 11.3 Å². The van der Waals surface area contributed by atoms with Gasteiger partial charge < -0.3 is 20.1 Å². The van der Waals surface area contributed by atoms with Gasteiger partial charge >= 0.3 is 0 Å². The van der Waals surface area contributed by atoms with Crippen LogP contribution in [0, 0.1) is 5.82 Å². The lowest BCUT2D eigenvalue weighted by Crippen LogP contribution is -2.59. The number of hydrogen-bond acceptors (Lipinski definition) is 7. The van der Waals surface area contributed by atoms with Crippen LogP contribution in [0.15, 0.2) is 30.5 Å². The standard InChI is InChI=1S/C15H19FN4O4/c1-17-15-14(23)12(13(22)11(7-21)24-15)20-6-10(18-19-20)8-3-2-4-9(16)5-8/h2-6,11-15,17,21-23H,7H2,1H3/t11-,12+,13+,14-,15-/m1/s1. The van der Waals surface area contributed by atoms with Gasteiger partial charge in [0, 0.05) is 5.56 Å². The Hall–Kier alpha value is -1.91. The van der Waals surface area contributed by atoms with Crippen LogP contribution in [0.5, 0.6) is 0 Å². The molecule has 2 aromatic rings. The molecule has 1 fully saturated rings. The Morgan fingerprint density at radius 3 is 2.79 bits per heavy atom. The molecule has 1 aromatic carbocycles. The minimum absolute atomic E-state index is 0.399. The Balaban J connectivity index is 1.92. The predicted molar refractivity (Wildman–Crippen MR) is 81.3 cm³/mol. The molecular formula is C15H19FN4O4. The third-order valence-electron chi connectivity index (χ3n) is 4.11. The van der Waals surface area contributed by atoms with E-state index in [1.807, 2.05) is 0 Å². The van der Waals surface area contributed by atoms with E-state index in [4.69, 9.17) is 4.74 Å². The van der Waals surface area contributed by atoms with Crippen LogP contribution in [0.2, 0.25) is 0 Å². The largest absolute Gasteiger partial charge is 0.394 e. The molecule has 4 N–H and O–H groups in total. The van der Waals surface area contributed by atoms with E-state index in [1.165, 1.54) is 23.0 Å². The Kier molecular flexibility index (Phi) is 4.88. The van der Waals surface area contributed by atoms with Crippen molar-refractivity contribution in [3.8, 4) is 11.3 Å². The Labute approximate surface area is 137 Å². The average molecular weight is 338 g/mol. The molecule has 0 bridgehead atoms. The molecule has 24 heavy (non-hydrogen) atoms. The van der Waals surface area contributed by atoms with Gasteiger partial charge in [0.15, 0.2) is 0 Å². The van der Waals surface area contributed by atoms with E-state index in [1.54, 1.807) is 19.2 Å². The first-order valence-corrected chi connectivity index (χ1v) is 7.52. The number of benzene rings is 1. The van der Waals surface area contributed by atoms with Crippen molar-refractivity contribution in [2.24, 2.45) is 0 Å². The summed E-state index contributed by atoms with van der Waals surface area (Å²) in [5, 5.41) is 40.8. The predicted octanol–water partition coefficient (Wildman–Crippen LogP) is -0.716. The SMILES string of the molecule is CN[C@@H]1O[C@H](CO)[C@H](O)[C@H](n2cc(-c3cccc(F)c3)nn2)[C@H]1O. The molecule has 0 spiro atoms. The van der Waals surface area contributed by atoms with Crippen LogP contribution < -0.4 is 5.32 Å². The van der Waals surface area contributed by atoms with Crippen molar-refractivity contribution in [1.82, 2.24) is 20.3 Å². The number of aliphatic hydroxyl groups excluding tert-OH is 3. The number of nitrogens with zero attached hydrogens (tertiary/aromatic N) is 3. The van der Waals surface area contributed by atoms with E-state index in [2.05, 4.69) is 15.6 Å². The number of halogens is 1. The van der Waals surface area contributed by atoms with Crippen molar-refractivity contribution < 1.29 is 24.4 Å². The summed E-state index contributed by atoms with van der Waals surface area (Å²) in [7, 11) is 1.59. The normalized spacial score (nSPS) is 30.5. The molecule has 1 aliphatic rings. The molecule has 2 heterocycles. The highest BCUT2D eigenvalue weighted by molar-refractivity contribution is 5.57. The highest BCUT2D eigenvalue weighted by Gasteiger charge is 2.45. The molecule has 9 heteroatoms. The first-order valence-electron chi connectivity index (χ1n) is 7.52. The summed E-state index contributed by atoms with van der Waals surface area (Å²) >= 11 is 0. The second-order valence-corrected chi connectivity index (χ2v) is 5.63. The van der Waals surface area contributed by atoms with Gasteiger partial charge in [-0.05, 0) is 19.2 Å². The maximum Gasteiger partial charge on any atom is 0.136 e. The summed E-state index contributed by atoms with van der Waals surface area (Å²) in [5.41, 5.74) is 0.933. The maximum absolute atomic E-state index is 13.3. The molecule has 0 saturated carbocycles. The highest BCUT2D eigenvalue weighted by atomic mass is 19.1.